The number of carbonyl (C=O) groups excluding carboxylic acids is 1. The van der Waals surface area contributed by atoms with E-state index in [1.807, 2.05) is 0 Å². The van der Waals surface area contributed by atoms with Crippen LogP contribution in [-0.4, -0.2) is 33.8 Å². The first-order valence-electron chi connectivity index (χ1n) is 10.1. The number of aromatic nitrogens is 3. The van der Waals surface area contributed by atoms with Gasteiger partial charge in [-0.2, -0.15) is 0 Å². The van der Waals surface area contributed by atoms with E-state index in [1.54, 1.807) is 11.3 Å². The molecule has 1 N–H and O–H groups in total. The van der Waals surface area contributed by atoms with Crippen LogP contribution in [0.3, 0.4) is 0 Å². The standard InChI is InChI=1S/C22H27N5OS/c1-15-6-10-18(11-7-15)13-23-20(28)19-5-4-12-26(14-19)21-24-25-22(29-21)27-16(2)8-9-17(27)3/h6-11,19H,4-5,12-14H2,1-3H3,(H,23,28). The zero-order valence-corrected chi connectivity index (χ0v) is 18.0. The maximum Gasteiger partial charge on any atom is 0.225 e. The Morgan fingerprint density at radius 3 is 2.48 bits per heavy atom. The molecule has 3 aromatic rings. The van der Waals surface area contributed by atoms with E-state index in [9.17, 15) is 4.79 Å². The number of nitrogens with zero attached hydrogens (tertiary/aromatic N) is 4. The topological polar surface area (TPSA) is 63.1 Å². The van der Waals surface area contributed by atoms with Gasteiger partial charge in [0, 0.05) is 31.0 Å². The lowest BCUT2D eigenvalue weighted by Crippen LogP contribution is -2.43. The van der Waals surface area contributed by atoms with Crippen molar-refractivity contribution in [3.63, 3.8) is 0 Å². The summed E-state index contributed by atoms with van der Waals surface area (Å²) < 4.78 is 2.12. The fourth-order valence-electron chi connectivity index (χ4n) is 3.80. The van der Waals surface area contributed by atoms with Crippen LogP contribution >= 0.6 is 11.3 Å². The van der Waals surface area contributed by atoms with E-state index in [1.165, 1.54) is 5.56 Å². The SMILES string of the molecule is Cc1ccc(CNC(=O)C2CCCN(c3nnc(-n4c(C)ccc4C)s3)C2)cc1. The Labute approximate surface area is 175 Å². The molecule has 0 bridgehead atoms. The van der Waals surface area contributed by atoms with Gasteiger partial charge in [-0.05, 0) is 51.3 Å². The molecule has 1 aliphatic heterocycles. The summed E-state index contributed by atoms with van der Waals surface area (Å²) in [6.45, 7) is 8.40. The molecule has 7 heteroatoms. The van der Waals surface area contributed by atoms with Crippen molar-refractivity contribution in [1.82, 2.24) is 20.1 Å². The van der Waals surface area contributed by atoms with Crippen LogP contribution in [-0.2, 0) is 11.3 Å². The third kappa shape index (κ3) is 4.34. The van der Waals surface area contributed by atoms with Crippen molar-refractivity contribution < 1.29 is 4.79 Å². The fourth-order valence-corrected chi connectivity index (χ4v) is 4.80. The second kappa shape index (κ2) is 8.37. The second-order valence-corrected chi connectivity index (χ2v) is 8.74. The number of anilines is 1. The van der Waals surface area contributed by atoms with E-state index >= 15 is 0 Å². The Morgan fingerprint density at radius 2 is 1.76 bits per heavy atom. The zero-order chi connectivity index (χ0) is 20.4. The molecule has 0 spiro atoms. The lowest BCUT2D eigenvalue weighted by molar-refractivity contribution is -0.125. The molecular formula is C22H27N5OS. The summed E-state index contributed by atoms with van der Waals surface area (Å²) >= 11 is 1.59. The van der Waals surface area contributed by atoms with Gasteiger partial charge in [0.1, 0.15) is 0 Å². The van der Waals surface area contributed by atoms with Gasteiger partial charge in [0.05, 0.1) is 5.92 Å². The van der Waals surface area contributed by atoms with Crippen LogP contribution in [0.25, 0.3) is 5.13 Å². The first-order valence-corrected chi connectivity index (χ1v) is 10.9. The molecule has 152 valence electrons. The zero-order valence-electron chi connectivity index (χ0n) is 17.2. The number of hydrogen-bond donors (Lipinski definition) is 1. The maximum absolute atomic E-state index is 12.7. The van der Waals surface area contributed by atoms with Crippen molar-refractivity contribution >= 4 is 22.4 Å². The number of amides is 1. The fraction of sp³-hybridized carbons (Fsp3) is 0.409. The molecule has 1 unspecified atom stereocenters. The Bertz CT molecular complexity index is 972. The highest BCUT2D eigenvalue weighted by Crippen LogP contribution is 2.29. The summed E-state index contributed by atoms with van der Waals surface area (Å²) in [6.07, 6.45) is 1.90. The van der Waals surface area contributed by atoms with E-state index in [0.717, 1.165) is 46.6 Å². The molecule has 2 aromatic heterocycles. The van der Waals surface area contributed by atoms with Gasteiger partial charge in [-0.3, -0.25) is 9.36 Å². The monoisotopic (exact) mass is 409 g/mol. The Hall–Kier alpha value is -2.67. The molecule has 1 fully saturated rings. The summed E-state index contributed by atoms with van der Waals surface area (Å²) in [7, 11) is 0. The lowest BCUT2D eigenvalue weighted by Gasteiger charge is -2.31. The molecule has 1 aromatic carbocycles. The Morgan fingerprint density at radius 1 is 1.07 bits per heavy atom. The van der Waals surface area contributed by atoms with Crippen LogP contribution in [0.2, 0.25) is 0 Å². The van der Waals surface area contributed by atoms with Gasteiger partial charge in [-0.25, -0.2) is 0 Å². The van der Waals surface area contributed by atoms with E-state index in [2.05, 4.69) is 82.2 Å². The first-order chi connectivity index (χ1) is 14.0. The third-order valence-electron chi connectivity index (χ3n) is 5.52. The Balaban J connectivity index is 1.39. The normalized spacial score (nSPS) is 16.8. The van der Waals surface area contributed by atoms with E-state index in [0.29, 0.717) is 13.1 Å². The molecule has 0 radical (unpaired) electrons. The van der Waals surface area contributed by atoms with Crippen LogP contribution < -0.4 is 10.2 Å². The molecule has 3 heterocycles. The number of nitrogens with one attached hydrogen (secondary N) is 1. The highest BCUT2D eigenvalue weighted by Gasteiger charge is 2.27. The molecule has 0 saturated carbocycles. The number of hydrogen-bond acceptors (Lipinski definition) is 5. The molecule has 29 heavy (non-hydrogen) atoms. The number of aryl methyl sites for hydroxylation is 3. The highest BCUT2D eigenvalue weighted by molar-refractivity contribution is 7.17. The number of rotatable bonds is 5. The minimum Gasteiger partial charge on any atom is -0.352 e. The number of piperidine rings is 1. The molecule has 1 amide bonds. The van der Waals surface area contributed by atoms with Crippen molar-refractivity contribution in [2.45, 2.75) is 40.2 Å². The summed E-state index contributed by atoms with van der Waals surface area (Å²) in [4.78, 5) is 14.9. The van der Waals surface area contributed by atoms with Crippen molar-refractivity contribution in [1.29, 1.82) is 0 Å². The van der Waals surface area contributed by atoms with Gasteiger partial charge >= 0.3 is 0 Å². The summed E-state index contributed by atoms with van der Waals surface area (Å²) in [5.41, 5.74) is 4.65. The summed E-state index contributed by atoms with van der Waals surface area (Å²) in [5, 5.41) is 13.7. The predicted octanol–water partition coefficient (Wildman–Crippen LogP) is 3.79. The van der Waals surface area contributed by atoms with Gasteiger partial charge in [-0.15, -0.1) is 10.2 Å². The predicted molar refractivity (Wildman–Crippen MR) is 117 cm³/mol. The molecule has 6 nitrogen and oxygen atoms in total. The van der Waals surface area contributed by atoms with Crippen LogP contribution in [0.1, 0.15) is 35.4 Å². The van der Waals surface area contributed by atoms with Crippen LogP contribution in [0, 0.1) is 26.7 Å². The Kier molecular flexibility index (Phi) is 5.67. The minimum absolute atomic E-state index is 0.0170. The number of benzene rings is 1. The van der Waals surface area contributed by atoms with Crippen LogP contribution in [0.5, 0.6) is 0 Å². The second-order valence-electron chi connectivity index (χ2n) is 7.81. The molecular weight excluding hydrogens is 382 g/mol. The van der Waals surface area contributed by atoms with E-state index in [4.69, 9.17) is 0 Å². The van der Waals surface area contributed by atoms with E-state index in [-0.39, 0.29) is 11.8 Å². The molecule has 1 atom stereocenters. The molecule has 0 aliphatic carbocycles. The van der Waals surface area contributed by atoms with Gasteiger partial charge in [0.2, 0.25) is 16.2 Å². The minimum atomic E-state index is -0.0170. The first kappa shape index (κ1) is 19.6. The smallest absolute Gasteiger partial charge is 0.225 e. The lowest BCUT2D eigenvalue weighted by atomic mass is 9.97. The summed E-state index contributed by atoms with van der Waals surface area (Å²) in [6, 6.07) is 12.5. The van der Waals surface area contributed by atoms with E-state index < -0.39 is 0 Å². The quantitative estimate of drug-likeness (QED) is 0.696. The van der Waals surface area contributed by atoms with Gasteiger partial charge in [-0.1, -0.05) is 41.2 Å². The number of carbonyl (C=O) groups is 1. The summed E-state index contributed by atoms with van der Waals surface area (Å²) in [5.74, 6) is 0.105. The van der Waals surface area contributed by atoms with Crippen molar-refractivity contribution in [3.05, 3.63) is 58.9 Å². The van der Waals surface area contributed by atoms with Gasteiger partial charge in [0.15, 0.2) is 0 Å². The van der Waals surface area contributed by atoms with Crippen LogP contribution in [0.15, 0.2) is 36.4 Å². The average Bonchev–Trinajstić information content (AvgIpc) is 3.33. The van der Waals surface area contributed by atoms with Crippen molar-refractivity contribution in [2.75, 3.05) is 18.0 Å². The molecule has 1 saturated heterocycles. The van der Waals surface area contributed by atoms with Crippen molar-refractivity contribution in [2.24, 2.45) is 5.92 Å². The molecule has 1 aliphatic rings. The van der Waals surface area contributed by atoms with Crippen molar-refractivity contribution in [3.8, 4) is 5.13 Å². The van der Waals surface area contributed by atoms with Crippen LogP contribution in [0.4, 0.5) is 5.13 Å². The highest BCUT2D eigenvalue weighted by atomic mass is 32.1. The maximum atomic E-state index is 12.7. The van der Waals surface area contributed by atoms with Gasteiger partial charge in [0.25, 0.3) is 0 Å². The largest absolute Gasteiger partial charge is 0.352 e. The average molecular weight is 410 g/mol. The molecule has 4 rings (SSSR count). The third-order valence-corrected chi connectivity index (χ3v) is 6.49. The van der Waals surface area contributed by atoms with Gasteiger partial charge < -0.3 is 10.2 Å².